The van der Waals surface area contributed by atoms with E-state index >= 15 is 0 Å². The number of hydrogen-bond acceptors (Lipinski definition) is 4. The number of nitrogens with zero attached hydrogens (tertiary/aromatic N) is 4. The van der Waals surface area contributed by atoms with E-state index in [1.165, 1.54) is 18.2 Å². The molecule has 2 heterocycles. The van der Waals surface area contributed by atoms with Gasteiger partial charge in [-0.05, 0) is 38.4 Å². The Hall–Kier alpha value is -2.08. The lowest BCUT2D eigenvalue weighted by Gasteiger charge is -2.38. The van der Waals surface area contributed by atoms with Crippen LogP contribution in [0.2, 0.25) is 0 Å². The molecule has 1 saturated heterocycles. The lowest BCUT2D eigenvalue weighted by molar-refractivity contribution is 0.194. The van der Waals surface area contributed by atoms with Crippen molar-refractivity contribution in [1.29, 1.82) is 0 Å². The van der Waals surface area contributed by atoms with Crippen LogP contribution in [0.1, 0.15) is 24.1 Å². The van der Waals surface area contributed by atoms with E-state index in [0.717, 1.165) is 37.4 Å². The van der Waals surface area contributed by atoms with Crippen LogP contribution in [0.4, 0.5) is 14.6 Å². The molecule has 3 rings (SSSR count). The highest BCUT2D eigenvalue weighted by Crippen LogP contribution is 2.22. The molecule has 6 heteroatoms. The first kappa shape index (κ1) is 16.8. The standard InChI is InChI=1S/C18H22F2N4/c1-13-9-18(22-12-21-13)23(2)14-5-4-8-24(10-14)11-15-16(19)6-3-7-17(15)20/h3,6-7,9,12,14H,4-5,8,10-11H2,1-2H3. The monoisotopic (exact) mass is 332 g/mol. The number of benzene rings is 1. The summed E-state index contributed by atoms with van der Waals surface area (Å²) in [5.74, 6) is -0.0692. The van der Waals surface area contributed by atoms with Gasteiger partial charge in [-0.1, -0.05) is 6.07 Å². The van der Waals surface area contributed by atoms with Crippen molar-refractivity contribution >= 4 is 5.82 Å². The van der Waals surface area contributed by atoms with E-state index in [2.05, 4.69) is 19.8 Å². The van der Waals surface area contributed by atoms with Crippen LogP contribution in [0.5, 0.6) is 0 Å². The number of aryl methyl sites for hydroxylation is 1. The summed E-state index contributed by atoms with van der Waals surface area (Å²) in [5.41, 5.74) is 1.08. The Labute approximate surface area is 141 Å². The highest BCUT2D eigenvalue weighted by Gasteiger charge is 2.25. The van der Waals surface area contributed by atoms with Gasteiger partial charge in [0.05, 0.1) is 0 Å². The second-order valence-electron chi connectivity index (χ2n) is 6.36. The molecule has 2 aromatic rings. The van der Waals surface area contributed by atoms with Crippen LogP contribution in [0.15, 0.2) is 30.6 Å². The third-order valence-electron chi connectivity index (χ3n) is 4.62. The van der Waals surface area contributed by atoms with Gasteiger partial charge in [0.1, 0.15) is 23.8 Å². The minimum absolute atomic E-state index is 0.152. The molecule has 0 bridgehead atoms. The zero-order valence-electron chi connectivity index (χ0n) is 14.0. The van der Waals surface area contributed by atoms with Crippen LogP contribution in [-0.2, 0) is 6.54 Å². The molecule has 0 radical (unpaired) electrons. The molecule has 24 heavy (non-hydrogen) atoms. The summed E-state index contributed by atoms with van der Waals surface area (Å²) in [4.78, 5) is 12.7. The largest absolute Gasteiger partial charge is 0.355 e. The molecule has 4 nitrogen and oxygen atoms in total. The van der Waals surface area contributed by atoms with Gasteiger partial charge < -0.3 is 4.90 Å². The molecule has 0 saturated carbocycles. The van der Waals surface area contributed by atoms with Gasteiger partial charge in [0.25, 0.3) is 0 Å². The lowest BCUT2D eigenvalue weighted by atomic mass is 10.0. The van der Waals surface area contributed by atoms with Gasteiger partial charge >= 0.3 is 0 Å². The summed E-state index contributed by atoms with van der Waals surface area (Å²) >= 11 is 0. The molecular formula is C18H22F2N4. The molecule has 128 valence electrons. The Bertz CT molecular complexity index is 687. The summed E-state index contributed by atoms with van der Waals surface area (Å²) in [6.45, 7) is 3.84. The first-order valence-electron chi connectivity index (χ1n) is 8.21. The van der Waals surface area contributed by atoms with Gasteiger partial charge in [-0.2, -0.15) is 0 Å². The number of hydrogen-bond donors (Lipinski definition) is 0. The van der Waals surface area contributed by atoms with E-state index in [-0.39, 0.29) is 11.6 Å². The number of likely N-dealkylation sites (tertiary alicyclic amines) is 1. The lowest BCUT2D eigenvalue weighted by Crippen LogP contribution is -2.46. The number of rotatable bonds is 4. The van der Waals surface area contributed by atoms with Crippen LogP contribution in [0.3, 0.4) is 0 Å². The molecule has 0 N–H and O–H groups in total. The number of aromatic nitrogens is 2. The molecule has 0 amide bonds. The second kappa shape index (κ2) is 7.21. The molecule has 1 fully saturated rings. The molecule has 1 unspecified atom stereocenters. The van der Waals surface area contributed by atoms with E-state index in [9.17, 15) is 8.78 Å². The highest BCUT2D eigenvalue weighted by atomic mass is 19.1. The van der Waals surface area contributed by atoms with Gasteiger partial charge in [0.2, 0.25) is 0 Å². The van der Waals surface area contributed by atoms with E-state index < -0.39 is 11.6 Å². The number of halogens is 2. The molecule has 1 atom stereocenters. The summed E-state index contributed by atoms with van der Waals surface area (Å²) in [5, 5.41) is 0. The van der Waals surface area contributed by atoms with Crippen molar-refractivity contribution < 1.29 is 8.78 Å². The predicted molar refractivity (Wildman–Crippen MR) is 89.8 cm³/mol. The number of piperidine rings is 1. The number of likely N-dealkylation sites (N-methyl/N-ethyl adjacent to an activating group) is 1. The fourth-order valence-electron chi connectivity index (χ4n) is 3.22. The maximum Gasteiger partial charge on any atom is 0.132 e. The van der Waals surface area contributed by atoms with E-state index in [4.69, 9.17) is 0 Å². The van der Waals surface area contributed by atoms with Crippen LogP contribution >= 0.6 is 0 Å². The molecule has 1 aliphatic rings. The summed E-state index contributed by atoms with van der Waals surface area (Å²) in [6.07, 6.45) is 3.60. The van der Waals surface area contributed by atoms with Crippen molar-refractivity contribution in [3.63, 3.8) is 0 Å². The van der Waals surface area contributed by atoms with Crippen molar-refractivity contribution in [3.8, 4) is 0 Å². The second-order valence-corrected chi connectivity index (χ2v) is 6.36. The molecule has 1 aromatic heterocycles. The van der Waals surface area contributed by atoms with E-state index in [1.807, 2.05) is 20.0 Å². The van der Waals surface area contributed by atoms with Crippen molar-refractivity contribution in [2.75, 3.05) is 25.0 Å². The average molecular weight is 332 g/mol. The van der Waals surface area contributed by atoms with Gasteiger partial charge in [-0.15, -0.1) is 0 Å². The van der Waals surface area contributed by atoms with E-state index in [1.54, 1.807) is 6.33 Å². The maximum absolute atomic E-state index is 13.9. The zero-order chi connectivity index (χ0) is 17.1. The van der Waals surface area contributed by atoms with Gasteiger partial charge in [-0.25, -0.2) is 18.7 Å². The SMILES string of the molecule is Cc1cc(N(C)C2CCCN(Cc3c(F)cccc3F)C2)ncn1. The fourth-order valence-corrected chi connectivity index (χ4v) is 3.22. The maximum atomic E-state index is 13.9. The van der Waals surface area contributed by atoms with Crippen LogP contribution in [0, 0.1) is 18.6 Å². The Morgan fingerprint density at radius 3 is 2.71 bits per heavy atom. The minimum Gasteiger partial charge on any atom is -0.355 e. The third kappa shape index (κ3) is 3.70. The zero-order valence-corrected chi connectivity index (χ0v) is 14.0. The Balaban J connectivity index is 1.70. The van der Waals surface area contributed by atoms with Crippen LogP contribution in [-0.4, -0.2) is 41.0 Å². The minimum atomic E-state index is -0.475. The van der Waals surface area contributed by atoms with Crippen molar-refractivity contribution in [1.82, 2.24) is 14.9 Å². The third-order valence-corrected chi connectivity index (χ3v) is 4.62. The van der Waals surface area contributed by atoms with Gasteiger partial charge in [-0.3, -0.25) is 4.90 Å². The average Bonchev–Trinajstić information content (AvgIpc) is 2.58. The summed E-state index contributed by atoms with van der Waals surface area (Å²) in [7, 11) is 2.01. The Morgan fingerprint density at radius 2 is 2.00 bits per heavy atom. The summed E-state index contributed by atoms with van der Waals surface area (Å²) < 4.78 is 27.8. The predicted octanol–water partition coefficient (Wildman–Crippen LogP) is 3.16. The molecule has 1 aromatic carbocycles. The van der Waals surface area contributed by atoms with Crippen molar-refractivity contribution in [3.05, 3.63) is 53.5 Å². The Kier molecular flexibility index (Phi) is 5.04. The smallest absolute Gasteiger partial charge is 0.132 e. The Morgan fingerprint density at radius 1 is 1.25 bits per heavy atom. The number of anilines is 1. The first-order valence-corrected chi connectivity index (χ1v) is 8.21. The topological polar surface area (TPSA) is 32.3 Å². The van der Waals surface area contributed by atoms with Crippen LogP contribution in [0.25, 0.3) is 0 Å². The molecule has 1 aliphatic heterocycles. The van der Waals surface area contributed by atoms with Gasteiger partial charge in [0, 0.05) is 43.5 Å². The first-order chi connectivity index (χ1) is 11.5. The van der Waals surface area contributed by atoms with Gasteiger partial charge in [0.15, 0.2) is 0 Å². The van der Waals surface area contributed by atoms with E-state index in [0.29, 0.717) is 6.54 Å². The van der Waals surface area contributed by atoms with Crippen molar-refractivity contribution in [2.24, 2.45) is 0 Å². The highest BCUT2D eigenvalue weighted by molar-refractivity contribution is 5.39. The molecule has 0 aliphatic carbocycles. The summed E-state index contributed by atoms with van der Waals surface area (Å²) in [6, 6.07) is 6.25. The quantitative estimate of drug-likeness (QED) is 0.861. The molecule has 0 spiro atoms. The van der Waals surface area contributed by atoms with Crippen LogP contribution < -0.4 is 4.90 Å². The fraction of sp³-hybridized carbons (Fsp3) is 0.444. The van der Waals surface area contributed by atoms with Crippen molar-refractivity contribution in [2.45, 2.75) is 32.4 Å². The molecular weight excluding hydrogens is 310 g/mol. The normalized spacial score (nSPS) is 18.6.